The maximum Gasteiger partial charge on any atom is 0.181 e. The van der Waals surface area contributed by atoms with E-state index in [1.807, 2.05) is 23.6 Å². The van der Waals surface area contributed by atoms with Crippen LogP contribution >= 0.6 is 0 Å². The van der Waals surface area contributed by atoms with Crippen molar-refractivity contribution in [1.82, 2.24) is 14.4 Å². The molecule has 4 heteroatoms. The SMILES string of the molecule is Cc1cc(-c2cnco2)c2nc[c]n2c1. The molecule has 73 valence electrons. The predicted octanol–water partition coefficient (Wildman–Crippen LogP) is 2.10. The molecule has 3 aromatic rings. The van der Waals surface area contributed by atoms with E-state index in [-0.39, 0.29) is 0 Å². The van der Waals surface area contributed by atoms with Gasteiger partial charge in [-0.05, 0) is 18.6 Å². The third-order valence-electron chi connectivity index (χ3n) is 2.26. The number of rotatable bonds is 1. The van der Waals surface area contributed by atoms with Crippen molar-refractivity contribution in [2.45, 2.75) is 6.92 Å². The molecule has 0 spiro atoms. The highest BCUT2D eigenvalue weighted by Gasteiger charge is 2.09. The Hall–Kier alpha value is -2.10. The zero-order chi connectivity index (χ0) is 10.3. The predicted molar refractivity (Wildman–Crippen MR) is 54.3 cm³/mol. The first-order valence-corrected chi connectivity index (χ1v) is 4.59. The quantitative estimate of drug-likeness (QED) is 0.601. The second-order valence-electron chi connectivity index (χ2n) is 3.38. The smallest absolute Gasteiger partial charge is 0.181 e. The molecule has 0 saturated carbocycles. The fourth-order valence-corrected chi connectivity index (χ4v) is 1.64. The van der Waals surface area contributed by atoms with E-state index < -0.39 is 0 Å². The molecule has 0 atom stereocenters. The molecule has 0 aliphatic rings. The molecule has 0 fully saturated rings. The number of hydrogen-bond acceptors (Lipinski definition) is 3. The van der Waals surface area contributed by atoms with Crippen molar-refractivity contribution in [3.05, 3.63) is 42.8 Å². The first-order valence-electron chi connectivity index (χ1n) is 4.59. The van der Waals surface area contributed by atoms with Crippen LogP contribution in [0.4, 0.5) is 0 Å². The van der Waals surface area contributed by atoms with Gasteiger partial charge in [-0.1, -0.05) is 0 Å². The molecule has 0 unspecified atom stereocenters. The van der Waals surface area contributed by atoms with E-state index >= 15 is 0 Å². The fraction of sp³-hybridized carbons (Fsp3) is 0.0909. The van der Waals surface area contributed by atoms with Crippen molar-refractivity contribution >= 4 is 5.65 Å². The molecule has 1 radical (unpaired) electrons. The number of aromatic nitrogens is 3. The Morgan fingerprint density at radius 2 is 2.40 bits per heavy atom. The van der Waals surface area contributed by atoms with E-state index in [4.69, 9.17) is 4.42 Å². The molecule has 0 bridgehead atoms. The molecule has 15 heavy (non-hydrogen) atoms. The Bertz CT molecular complexity index is 595. The van der Waals surface area contributed by atoms with Gasteiger partial charge in [0.25, 0.3) is 0 Å². The van der Waals surface area contributed by atoms with Crippen molar-refractivity contribution in [2.75, 3.05) is 0 Å². The second-order valence-corrected chi connectivity index (χ2v) is 3.38. The van der Waals surface area contributed by atoms with Crippen molar-refractivity contribution in [3.8, 4) is 11.3 Å². The van der Waals surface area contributed by atoms with Gasteiger partial charge in [-0.15, -0.1) is 0 Å². The first-order chi connectivity index (χ1) is 7.34. The average Bonchev–Trinajstić information content (AvgIpc) is 2.86. The summed E-state index contributed by atoms with van der Waals surface area (Å²) in [6, 6.07) is 2.02. The van der Waals surface area contributed by atoms with Crippen LogP contribution in [0.2, 0.25) is 0 Å². The van der Waals surface area contributed by atoms with Gasteiger partial charge in [0.2, 0.25) is 0 Å². The maximum atomic E-state index is 5.27. The fourth-order valence-electron chi connectivity index (χ4n) is 1.64. The van der Waals surface area contributed by atoms with Gasteiger partial charge < -0.3 is 4.42 Å². The number of pyridine rings is 1. The van der Waals surface area contributed by atoms with Gasteiger partial charge in [-0.2, -0.15) is 0 Å². The topological polar surface area (TPSA) is 43.3 Å². The molecule has 0 N–H and O–H groups in total. The molecule has 4 nitrogen and oxygen atoms in total. The summed E-state index contributed by atoms with van der Waals surface area (Å²) in [5.41, 5.74) is 2.90. The second kappa shape index (κ2) is 2.95. The summed E-state index contributed by atoms with van der Waals surface area (Å²) in [7, 11) is 0. The van der Waals surface area contributed by atoms with Crippen molar-refractivity contribution in [2.24, 2.45) is 0 Å². The summed E-state index contributed by atoms with van der Waals surface area (Å²) >= 11 is 0. The largest absolute Gasteiger partial charge is 0.443 e. The van der Waals surface area contributed by atoms with E-state index in [1.54, 1.807) is 12.4 Å². The lowest BCUT2D eigenvalue weighted by molar-refractivity contribution is 0.572. The van der Waals surface area contributed by atoms with Crippen LogP contribution in [0.3, 0.4) is 0 Å². The van der Waals surface area contributed by atoms with Crippen LogP contribution in [-0.4, -0.2) is 14.4 Å². The molecule has 0 saturated heterocycles. The summed E-state index contributed by atoms with van der Waals surface area (Å²) in [5, 5.41) is 0. The molecular formula is C11H8N3O. The highest BCUT2D eigenvalue weighted by molar-refractivity contribution is 5.73. The molecule has 3 aromatic heterocycles. The number of oxazole rings is 1. The molecular weight excluding hydrogens is 190 g/mol. The van der Waals surface area contributed by atoms with Crippen molar-refractivity contribution < 1.29 is 4.42 Å². The molecule has 0 amide bonds. The van der Waals surface area contributed by atoms with Crippen LogP contribution in [0.15, 0.2) is 35.5 Å². The average molecular weight is 198 g/mol. The first kappa shape index (κ1) is 8.23. The van der Waals surface area contributed by atoms with E-state index in [0.29, 0.717) is 0 Å². The minimum absolute atomic E-state index is 0.725. The third-order valence-corrected chi connectivity index (χ3v) is 2.26. The van der Waals surface area contributed by atoms with E-state index in [1.165, 1.54) is 6.39 Å². The van der Waals surface area contributed by atoms with E-state index in [0.717, 1.165) is 22.5 Å². The lowest BCUT2D eigenvalue weighted by Crippen LogP contribution is -1.89. The highest BCUT2D eigenvalue weighted by Crippen LogP contribution is 2.23. The minimum Gasteiger partial charge on any atom is -0.443 e. The minimum atomic E-state index is 0.725. The van der Waals surface area contributed by atoms with Crippen molar-refractivity contribution in [3.63, 3.8) is 0 Å². The zero-order valence-corrected chi connectivity index (χ0v) is 8.14. The Kier molecular flexibility index (Phi) is 1.62. The van der Waals surface area contributed by atoms with Crippen LogP contribution in [0, 0.1) is 13.1 Å². The van der Waals surface area contributed by atoms with Crippen LogP contribution in [-0.2, 0) is 0 Å². The lowest BCUT2D eigenvalue weighted by Gasteiger charge is -2.01. The van der Waals surface area contributed by atoms with Gasteiger partial charge >= 0.3 is 0 Å². The molecule has 0 aromatic carbocycles. The molecule has 0 aliphatic heterocycles. The number of hydrogen-bond donors (Lipinski definition) is 0. The number of nitrogens with zero attached hydrogens (tertiary/aromatic N) is 3. The Morgan fingerprint density at radius 1 is 1.47 bits per heavy atom. The molecule has 3 heterocycles. The lowest BCUT2D eigenvalue weighted by atomic mass is 10.2. The third kappa shape index (κ3) is 1.22. The number of aryl methyl sites for hydroxylation is 1. The highest BCUT2D eigenvalue weighted by atomic mass is 16.3. The summed E-state index contributed by atoms with van der Waals surface area (Å²) in [4.78, 5) is 8.14. The molecule has 0 aliphatic carbocycles. The van der Waals surface area contributed by atoms with E-state index in [2.05, 4.69) is 16.2 Å². The zero-order valence-electron chi connectivity index (χ0n) is 8.14. The van der Waals surface area contributed by atoms with Crippen molar-refractivity contribution in [1.29, 1.82) is 0 Å². The normalized spacial score (nSPS) is 11.0. The van der Waals surface area contributed by atoms with Gasteiger partial charge in [-0.25, -0.2) is 9.97 Å². The van der Waals surface area contributed by atoms with Gasteiger partial charge in [0.15, 0.2) is 12.2 Å². The Labute approximate surface area is 86.2 Å². The summed E-state index contributed by atoms with van der Waals surface area (Å²) in [5.74, 6) is 0.725. The van der Waals surface area contributed by atoms with Crippen LogP contribution in [0.25, 0.3) is 17.0 Å². The van der Waals surface area contributed by atoms with Gasteiger partial charge in [0.1, 0.15) is 5.65 Å². The Morgan fingerprint density at radius 3 is 3.20 bits per heavy atom. The standard InChI is InChI=1S/C11H8N3O/c1-8-4-9(10-5-12-7-15-10)11-13-2-3-14(11)6-8/h2,4-7H,1H3. The summed E-state index contributed by atoms with van der Waals surface area (Å²) in [6.45, 7) is 2.02. The summed E-state index contributed by atoms with van der Waals surface area (Å²) in [6.07, 6.45) is 9.73. The van der Waals surface area contributed by atoms with Gasteiger partial charge in [0, 0.05) is 6.20 Å². The number of imidazole rings is 1. The van der Waals surface area contributed by atoms with E-state index in [9.17, 15) is 0 Å². The molecule has 3 rings (SSSR count). The Balaban J connectivity index is 2.38. The van der Waals surface area contributed by atoms with Crippen LogP contribution in [0.1, 0.15) is 5.56 Å². The summed E-state index contributed by atoms with van der Waals surface area (Å²) < 4.78 is 7.13. The monoisotopic (exact) mass is 198 g/mol. The number of fused-ring (bicyclic) bond motifs is 1. The van der Waals surface area contributed by atoms with Gasteiger partial charge in [0.05, 0.1) is 24.2 Å². The van der Waals surface area contributed by atoms with Gasteiger partial charge in [-0.3, -0.25) is 4.40 Å². The van der Waals surface area contributed by atoms with Crippen LogP contribution in [0.5, 0.6) is 0 Å². The maximum absolute atomic E-state index is 5.27. The van der Waals surface area contributed by atoms with Crippen LogP contribution < -0.4 is 0 Å².